The SMILES string of the molecule is CN1CCC(C(=O)NCCc2ccc3ccccc3c2)C1=O. The van der Waals surface area contributed by atoms with Gasteiger partial charge in [0.25, 0.3) is 0 Å². The second-order valence-corrected chi connectivity index (χ2v) is 5.82. The molecule has 1 fully saturated rings. The third-order valence-corrected chi connectivity index (χ3v) is 4.27. The first-order chi connectivity index (χ1) is 10.6. The Morgan fingerprint density at radius 1 is 1.23 bits per heavy atom. The fraction of sp³-hybridized carbons (Fsp3) is 0.333. The molecule has 2 amide bonds. The van der Waals surface area contributed by atoms with Crippen molar-refractivity contribution in [2.24, 2.45) is 5.92 Å². The van der Waals surface area contributed by atoms with E-state index in [4.69, 9.17) is 0 Å². The average Bonchev–Trinajstić information content (AvgIpc) is 2.87. The van der Waals surface area contributed by atoms with Crippen molar-refractivity contribution in [3.05, 3.63) is 48.0 Å². The Labute approximate surface area is 130 Å². The molecule has 1 aliphatic heterocycles. The molecule has 1 aliphatic rings. The van der Waals surface area contributed by atoms with E-state index < -0.39 is 5.92 Å². The molecule has 4 nitrogen and oxygen atoms in total. The van der Waals surface area contributed by atoms with Gasteiger partial charge in [-0.25, -0.2) is 0 Å². The lowest BCUT2D eigenvalue weighted by Crippen LogP contribution is -2.36. The maximum atomic E-state index is 12.0. The molecule has 2 aromatic rings. The largest absolute Gasteiger partial charge is 0.355 e. The van der Waals surface area contributed by atoms with E-state index in [2.05, 4.69) is 35.6 Å². The van der Waals surface area contributed by atoms with E-state index in [1.165, 1.54) is 16.3 Å². The summed E-state index contributed by atoms with van der Waals surface area (Å²) in [6.45, 7) is 1.23. The zero-order valence-corrected chi connectivity index (χ0v) is 12.7. The van der Waals surface area contributed by atoms with Gasteiger partial charge in [-0.15, -0.1) is 0 Å². The maximum absolute atomic E-state index is 12.0. The van der Waals surface area contributed by atoms with Crippen LogP contribution in [0, 0.1) is 5.92 Å². The van der Waals surface area contributed by atoms with Gasteiger partial charge >= 0.3 is 0 Å². The van der Waals surface area contributed by atoms with Gasteiger partial charge in [-0.2, -0.15) is 0 Å². The van der Waals surface area contributed by atoms with Gasteiger partial charge in [-0.1, -0.05) is 42.5 Å². The van der Waals surface area contributed by atoms with Gasteiger partial charge in [0.05, 0.1) is 0 Å². The molecular formula is C18H20N2O2. The first-order valence-corrected chi connectivity index (χ1v) is 7.65. The molecule has 1 saturated heterocycles. The summed E-state index contributed by atoms with van der Waals surface area (Å²) in [5.41, 5.74) is 1.19. The van der Waals surface area contributed by atoms with Gasteiger partial charge in [-0.3, -0.25) is 9.59 Å². The van der Waals surface area contributed by atoms with Gasteiger partial charge in [0, 0.05) is 20.1 Å². The molecule has 3 rings (SSSR count). The highest BCUT2D eigenvalue weighted by atomic mass is 16.2. The molecule has 1 atom stereocenters. The van der Waals surface area contributed by atoms with Crippen LogP contribution in [0.2, 0.25) is 0 Å². The Balaban J connectivity index is 1.56. The van der Waals surface area contributed by atoms with Crippen molar-refractivity contribution in [2.75, 3.05) is 20.1 Å². The number of fused-ring (bicyclic) bond motifs is 1. The number of carbonyl (C=O) groups excluding carboxylic acids is 2. The molecule has 0 aromatic heterocycles. The summed E-state index contributed by atoms with van der Waals surface area (Å²) in [5, 5.41) is 5.31. The molecule has 1 N–H and O–H groups in total. The third kappa shape index (κ3) is 2.96. The van der Waals surface area contributed by atoms with Crippen LogP contribution in [0.25, 0.3) is 10.8 Å². The van der Waals surface area contributed by atoms with Crippen LogP contribution in [0.3, 0.4) is 0 Å². The highest BCUT2D eigenvalue weighted by molar-refractivity contribution is 6.01. The number of nitrogens with zero attached hydrogens (tertiary/aromatic N) is 1. The Morgan fingerprint density at radius 2 is 2.00 bits per heavy atom. The third-order valence-electron chi connectivity index (χ3n) is 4.27. The molecule has 0 spiro atoms. The van der Waals surface area contributed by atoms with Crippen molar-refractivity contribution < 1.29 is 9.59 Å². The van der Waals surface area contributed by atoms with Crippen molar-refractivity contribution in [1.29, 1.82) is 0 Å². The van der Waals surface area contributed by atoms with Crippen molar-refractivity contribution in [3.8, 4) is 0 Å². The minimum Gasteiger partial charge on any atom is -0.355 e. The van der Waals surface area contributed by atoms with E-state index in [0.717, 1.165) is 6.42 Å². The van der Waals surface area contributed by atoms with Crippen LogP contribution < -0.4 is 5.32 Å². The van der Waals surface area contributed by atoms with Crippen molar-refractivity contribution in [2.45, 2.75) is 12.8 Å². The van der Waals surface area contributed by atoms with Crippen molar-refractivity contribution in [3.63, 3.8) is 0 Å². The minimum atomic E-state index is -0.499. The van der Waals surface area contributed by atoms with Gasteiger partial charge in [0.2, 0.25) is 11.8 Å². The van der Waals surface area contributed by atoms with E-state index in [1.807, 2.05) is 12.1 Å². The van der Waals surface area contributed by atoms with Crippen LogP contribution in [0.4, 0.5) is 0 Å². The molecule has 0 radical (unpaired) electrons. The lowest BCUT2D eigenvalue weighted by Gasteiger charge is -2.11. The average molecular weight is 296 g/mol. The molecule has 1 unspecified atom stereocenters. The molecule has 2 aromatic carbocycles. The summed E-state index contributed by atoms with van der Waals surface area (Å²) >= 11 is 0. The van der Waals surface area contributed by atoms with E-state index >= 15 is 0 Å². The smallest absolute Gasteiger partial charge is 0.234 e. The van der Waals surface area contributed by atoms with Crippen LogP contribution in [-0.2, 0) is 16.0 Å². The summed E-state index contributed by atoms with van der Waals surface area (Å²) < 4.78 is 0. The van der Waals surface area contributed by atoms with Crippen LogP contribution >= 0.6 is 0 Å². The summed E-state index contributed by atoms with van der Waals surface area (Å²) in [6, 6.07) is 14.6. The molecule has 114 valence electrons. The summed E-state index contributed by atoms with van der Waals surface area (Å²) in [4.78, 5) is 25.5. The van der Waals surface area contributed by atoms with Gasteiger partial charge in [0.1, 0.15) is 5.92 Å². The first-order valence-electron chi connectivity index (χ1n) is 7.65. The van der Waals surface area contributed by atoms with Crippen molar-refractivity contribution >= 4 is 22.6 Å². The highest BCUT2D eigenvalue weighted by Crippen LogP contribution is 2.17. The fourth-order valence-electron chi connectivity index (χ4n) is 2.91. The zero-order chi connectivity index (χ0) is 15.5. The van der Waals surface area contributed by atoms with Crippen LogP contribution in [-0.4, -0.2) is 36.9 Å². The van der Waals surface area contributed by atoms with Gasteiger partial charge in [-0.05, 0) is 29.2 Å². The highest BCUT2D eigenvalue weighted by Gasteiger charge is 2.34. The predicted molar refractivity (Wildman–Crippen MR) is 86.4 cm³/mol. The van der Waals surface area contributed by atoms with Crippen LogP contribution in [0.15, 0.2) is 42.5 Å². The predicted octanol–water partition coefficient (Wildman–Crippen LogP) is 1.98. The number of rotatable bonds is 4. The van der Waals surface area contributed by atoms with Crippen molar-refractivity contribution in [1.82, 2.24) is 10.2 Å². The minimum absolute atomic E-state index is 0.0665. The Hall–Kier alpha value is -2.36. The monoisotopic (exact) mass is 296 g/mol. The molecule has 4 heteroatoms. The second-order valence-electron chi connectivity index (χ2n) is 5.82. The Bertz CT molecular complexity index is 711. The standard InChI is InChI=1S/C18H20N2O2/c1-20-11-9-16(18(20)22)17(21)19-10-8-13-6-7-14-4-2-3-5-15(14)12-13/h2-7,12,16H,8-11H2,1H3,(H,19,21). The molecule has 0 bridgehead atoms. The molecule has 1 heterocycles. The van der Waals surface area contributed by atoms with E-state index in [1.54, 1.807) is 11.9 Å². The van der Waals surface area contributed by atoms with Gasteiger partial charge < -0.3 is 10.2 Å². The van der Waals surface area contributed by atoms with Crippen LogP contribution in [0.5, 0.6) is 0 Å². The Kier molecular flexibility index (Phi) is 4.09. The quantitative estimate of drug-likeness (QED) is 0.877. The number of carbonyl (C=O) groups is 2. The number of benzene rings is 2. The van der Waals surface area contributed by atoms with E-state index in [-0.39, 0.29) is 11.8 Å². The normalized spacial score (nSPS) is 18.0. The first kappa shape index (κ1) is 14.6. The maximum Gasteiger partial charge on any atom is 0.234 e. The Morgan fingerprint density at radius 3 is 2.73 bits per heavy atom. The zero-order valence-electron chi connectivity index (χ0n) is 12.7. The summed E-state index contributed by atoms with van der Waals surface area (Å²) in [5.74, 6) is -0.708. The molecular weight excluding hydrogens is 276 g/mol. The molecule has 22 heavy (non-hydrogen) atoms. The van der Waals surface area contributed by atoms with E-state index in [9.17, 15) is 9.59 Å². The van der Waals surface area contributed by atoms with Gasteiger partial charge in [0.15, 0.2) is 0 Å². The van der Waals surface area contributed by atoms with Crippen LogP contribution in [0.1, 0.15) is 12.0 Å². The lowest BCUT2D eigenvalue weighted by molar-refractivity contribution is -0.137. The van der Waals surface area contributed by atoms with E-state index in [0.29, 0.717) is 19.5 Å². The topological polar surface area (TPSA) is 49.4 Å². The molecule has 0 aliphatic carbocycles. The number of likely N-dealkylation sites (tertiary alicyclic amines) is 1. The number of nitrogens with one attached hydrogen (secondary N) is 1. The number of hydrogen-bond acceptors (Lipinski definition) is 2. The lowest BCUT2D eigenvalue weighted by atomic mass is 10.0. The molecule has 0 saturated carbocycles. The number of hydrogen-bond donors (Lipinski definition) is 1. The second kappa shape index (κ2) is 6.18. The number of amides is 2. The summed E-state index contributed by atoms with van der Waals surface area (Å²) in [6.07, 6.45) is 1.39. The summed E-state index contributed by atoms with van der Waals surface area (Å²) in [7, 11) is 1.74. The fourth-order valence-corrected chi connectivity index (χ4v) is 2.91.